The van der Waals surface area contributed by atoms with E-state index in [9.17, 15) is 4.79 Å². The van der Waals surface area contributed by atoms with E-state index in [4.69, 9.17) is 0 Å². The van der Waals surface area contributed by atoms with E-state index < -0.39 is 0 Å². The topological polar surface area (TPSA) is 42.0 Å². The van der Waals surface area contributed by atoms with Crippen LogP contribution in [0.2, 0.25) is 0 Å². The van der Waals surface area contributed by atoms with Gasteiger partial charge in [0.2, 0.25) is 5.91 Å². The quantitative estimate of drug-likeness (QED) is 0.891. The second-order valence-corrected chi connectivity index (χ2v) is 5.30. The number of nitrogens with zero attached hydrogens (tertiary/aromatic N) is 1. The highest BCUT2D eigenvalue weighted by Gasteiger charge is 2.21. The van der Waals surface area contributed by atoms with E-state index in [2.05, 4.69) is 10.3 Å². The van der Waals surface area contributed by atoms with Gasteiger partial charge in [0.1, 0.15) is 0 Å². The molecule has 98 valence electrons. The van der Waals surface area contributed by atoms with E-state index in [1.165, 1.54) is 19.3 Å². The maximum atomic E-state index is 12.2. The fourth-order valence-electron chi connectivity index (χ4n) is 2.68. The van der Waals surface area contributed by atoms with Crippen LogP contribution in [-0.2, 0) is 4.79 Å². The van der Waals surface area contributed by atoms with Gasteiger partial charge in [-0.1, -0.05) is 19.3 Å². The Labute approximate surface area is 109 Å². The lowest BCUT2D eigenvalue weighted by atomic mass is 9.93. The molecule has 1 amide bonds. The number of nitrogens with one attached hydrogen (secondary N) is 1. The largest absolute Gasteiger partial charge is 0.353 e. The molecule has 18 heavy (non-hydrogen) atoms. The molecule has 1 heterocycles. The van der Waals surface area contributed by atoms with Crippen molar-refractivity contribution in [3.63, 3.8) is 0 Å². The van der Waals surface area contributed by atoms with Gasteiger partial charge >= 0.3 is 0 Å². The summed E-state index contributed by atoms with van der Waals surface area (Å²) in [6.07, 6.45) is 9.64. The van der Waals surface area contributed by atoms with Crippen molar-refractivity contribution in [2.75, 3.05) is 0 Å². The molecule has 1 atom stereocenters. The summed E-state index contributed by atoms with van der Waals surface area (Å²) in [6.45, 7) is 3.98. The number of hydrogen-bond acceptors (Lipinski definition) is 2. The molecule has 1 aliphatic rings. The minimum Gasteiger partial charge on any atom is -0.353 e. The summed E-state index contributed by atoms with van der Waals surface area (Å²) < 4.78 is 0. The number of pyridine rings is 1. The van der Waals surface area contributed by atoms with Crippen LogP contribution in [0.1, 0.15) is 56.1 Å². The molecule has 0 bridgehead atoms. The molecule has 3 nitrogen and oxygen atoms in total. The van der Waals surface area contributed by atoms with Crippen molar-refractivity contribution < 1.29 is 4.79 Å². The zero-order chi connectivity index (χ0) is 13.0. The molecular weight excluding hydrogens is 224 g/mol. The van der Waals surface area contributed by atoms with Gasteiger partial charge in [-0.2, -0.15) is 0 Å². The molecular formula is C15H22N2O. The van der Waals surface area contributed by atoms with Crippen molar-refractivity contribution in [2.45, 2.75) is 57.9 Å². The third kappa shape index (κ3) is 3.09. The standard InChI is InChI=1S/C15H22N2O/c1-11-10-16-9-8-14(11)12(2)15(18)17-13-6-4-3-5-7-13/h8-10,12-13H,3-7H2,1-2H3,(H,17,18). The van der Waals surface area contributed by atoms with Crippen LogP contribution in [0, 0.1) is 6.92 Å². The van der Waals surface area contributed by atoms with Crippen molar-refractivity contribution in [2.24, 2.45) is 0 Å². The lowest BCUT2D eigenvalue weighted by Crippen LogP contribution is -2.38. The highest BCUT2D eigenvalue weighted by Crippen LogP contribution is 2.21. The van der Waals surface area contributed by atoms with Gasteiger partial charge in [0.15, 0.2) is 0 Å². The smallest absolute Gasteiger partial charge is 0.227 e. The molecule has 1 aromatic heterocycles. The molecule has 0 aromatic carbocycles. The normalized spacial score (nSPS) is 18.3. The molecule has 1 N–H and O–H groups in total. The number of aryl methyl sites for hydroxylation is 1. The first-order valence-corrected chi connectivity index (χ1v) is 6.89. The number of aromatic nitrogens is 1. The first-order valence-electron chi connectivity index (χ1n) is 6.89. The van der Waals surface area contributed by atoms with Crippen LogP contribution in [0.25, 0.3) is 0 Å². The summed E-state index contributed by atoms with van der Waals surface area (Å²) >= 11 is 0. The average molecular weight is 246 g/mol. The van der Waals surface area contributed by atoms with Crippen LogP contribution < -0.4 is 5.32 Å². The maximum absolute atomic E-state index is 12.2. The molecule has 0 saturated heterocycles. The Morgan fingerprint density at radius 1 is 1.39 bits per heavy atom. The van der Waals surface area contributed by atoms with Crippen molar-refractivity contribution >= 4 is 5.91 Å². The monoisotopic (exact) mass is 246 g/mol. The van der Waals surface area contributed by atoms with Crippen LogP contribution in [0.15, 0.2) is 18.5 Å². The Balaban J connectivity index is 1.98. The van der Waals surface area contributed by atoms with Gasteiger partial charge in [-0.25, -0.2) is 0 Å². The minimum absolute atomic E-state index is 0.0880. The van der Waals surface area contributed by atoms with Gasteiger partial charge in [0.25, 0.3) is 0 Å². The van der Waals surface area contributed by atoms with Crippen LogP contribution in [0.3, 0.4) is 0 Å². The van der Waals surface area contributed by atoms with Gasteiger partial charge in [-0.3, -0.25) is 9.78 Å². The first-order chi connectivity index (χ1) is 8.68. The van der Waals surface area contributed by atoms with Crippen LogP contribution in [-0.4, -0.2) is 16.9 Å². The van der Waals surface area contributed by atoms with E-state index in [0.717, 1.165) is 24.0 Å². The zero-order valence-electron chi connectivity index (χ0n) is 11.3. The Morgan fingerprint density at radius 2 is 2.11 bits per heavy atom. The minimum atomic E-state index is -0.0880. The summed E-state index contributed by atoms with van der Waals surface area (Å²) in [6, 6.07) is 2.33. The number of rotatable bonds is 3. The van der Waals surface area contributed by atoms with Crippen LogP contribution >= 0.6 is 0 Å². The molecule has 0 radical (unpaired) electrons. The van der Waals surface area contributed by atoms with Crippen molar-refractivity contribution in [3.8, 4) is 0 Å². The van der Waals surface area contributed by atoms with Crippen molar-refractivity contribution in [1.29, 1.82) is 0 Å². The van der Waals surface area contributed by atoms with Gasteiger partial charge in [0.05, 0.1) is 5.92 Å². The molecule has 3 heteroatoms. The van der Waals surface area contributed by atoms with Gasteiger partial charge in [-0.15, -0.1) is 0 Å². The van der Waals surface area contributed by atoms with Gasteiger partial charge < -0.3 is 5.32 Å². The Morgan fingerprint density at radius 3 is 2.78 bits per heavy atom. The van der Waals surface area contributed by atoms with Crippen molar-refractivity contribution in [3.05, 3.63) is 29.6 Å². The summed E-state index contributed by atoms with van der Waals surface area (Å²) in [4.78, 5) is 16.3. The molecule has 1 fully saturated rings. The van der Waals surface area contributed by atoms with E-state index >= 15 is 0 Å². The summed E-state index contributed by atoms with van der Waals surface area (Å²) in [5.74, 6) is 0.0612. The number of carbonyl (C=O) groups excluding carboxylic acids is 1. The predicted molar refractivity (Wildman–Crippen MR) is 72.4 cm³/mol. The van der Waals surface area contributed by atoms with Crippen LogP contribution in [0.5, 0.6) is 0 Å². The molecule has 2 rings (SSSR count). The summed E-state index contributed by atoms with van der Waals surface area (Å²) in [5.41, 5.74) is 2.17. The first kappa shape index (κ1) is 13.1. The molecule has 0 spiro atoms. The Bertz CT molecular complexity index is 411. The predicted octanol–water partition coefficient (Wildman–Crippen LogP) is 2.94. The summed E-state index contributed by atoms with van der Waals surface area (Å²) in [5, 5.41) is 3.18. The fraction of sp³-hybridized carbons (Fsp3) is 0.600. The molecule has 1 saturated carbocycles. The third-order valence-corrected chi connectivity index (χ3v) is 3.88. The van der Waals surface area contributed by atoms with Crippen molar-refractivity contribution in [1.82, 2.24) is 10.3 Å². The van der Waals surface area contributed by atoms with E-state index in [-0.39, 0.29) is 11.8 Å². The second kappa shape index (κ2) is 5.98. The Kier molecular flexibility index (Phi) is 4.34. The molecule has 0 aliphatic heterocycles. The number of hydrogen-bond donors (Lipinski definition) is 1. The average Bonchev–Trinajstić information content (AvgIpc) is 2.39. The van der Waals surface area contributed by atoms with E-state index in [0.29, 0.717) is 6.04 Å². The fourth-order valence-corrected chi connectivity index (χ4v) is 2.68. The highest BCUT2D eigenvalue weighted by molar-refractivity contribution is 5.83. The number of carbonyl (C=O) groups is 1. The Hall–Kier alpha value is -1.38. The van der Waals surface area contributed by atoms with Gasteiger partial charge in [-0.05, 0) is 43.9 Å². The third-order valence-electron chi connectivity index (χ3n) is 3.88. The SMILES string of the molecule is Cc1cnccc1C(C)C(=O)NC1CCCCC1. The molecule has 1 aromatic rings. The molecule has 1 aliphatic carbocycles. The second-order valence-electron chi connectivity index (χ2n) is 5.30. The maximum Gasteiger partial charge on any atom is 0.227 e. The lowest BCUT2D eigenvalue weighted by molar-refractivity contribution is -0.123. The van der Waals surface area contributed by atoms with E-state index in [1.807, 2.05) is 26.1 Å². The van der Waals surface area contributed by atoms with Crippen LogP contribution in [0.4, 0.5) is 0 Å². The van der Waals surface area contributed by atoms with E-state index in [1.54, 1.807) is 6.20 Å². The molecule has 1 unspecified atom stereocenters. The highest BCUT2D eigenvalue weighted by atomic mass is 16.1. The van der Waals surface area contributed by atoms with Gasteiger partial charge in [0, 0.05) is 18.4 Å². The number of amides is 1. The zero-order valence-corrected chi connectivity index (χ0v) is 11.3. The summed E-state index contributed by atoms with van der Waals surface area (Å²) in [7, 11) is 0. The lowest BCUT2D eigenvalue weighted by Gasteiger charge is -2.25.